The molecule has 6 atom stereocenters. The minimum atomic E-state index is -3.60. The third-order valence-electron chi connectivity index (χ3n) is 9.03. The first-order valence-electron chi connectivity index (χ1n) is 11.7. The standard InChI is InChI=1S/C25H34N2O3S/c1-24-14-12-18(28)16-17(24)8-9-20-21-10-11-23(25(21,2)15-13-22(20)24)26-27-31(29,30)19-6-4-3-5-7-19/h3-8,11,18,20-22,26-28H,9-10,12-16H2,1-2H3/t18-,20?,21?,22?,24-,25-/m0/s1. The lowest BCUT2D eigenvalue weighted by molar-refractivity contribution is -0.0311. The Morgan fingerprint density at radius 2 is 1.71 bits per heavy atom. The van der Waals surface area contributed by atoms with Crippen LogP contribution in [0.15, 0.2) is 58.6 Å². The summed E-state index contributed by atoms with van der Waals surface area (Å²) in [5.74, 6) is 1.80. The fourth-order valence-corrected chi connectivity index (χ4v) is 8.06. The van der Waals surface area contributed by atoms with Gasteiger partial charge in [0.15, 0.2) is 0 Å². The van der Waals surface area contributed by atoms with Crippen molar-refractivity contribution in [3.8, 4) is 0 Å². The molecule has 0 saturated heterocycles. The van der Waals surface area contributed by atoms with Gasteiger partial charge in [0.2, 0.25) is 0 Å². The number of nitrogens with one attached hydrogen (secondary N) is 2. The summed E-state index contributed by atoms with van der Waals surface area (Å²) in [6, 6.07) is 8.50. The van der Waals surface area contributed by atoms with Crippen molar-refractivity contribution in [2.24, 2.45) is 28.6 Å². The normalized spacial score (nSPS) is 39.6. The van der Waals surface area contributed by atoms with E-state index in [4.69, 9.17) is 0 Å². The van der Waals surface area contributed by atoms with Gasteiger partial charge in [-0.05, 0) is 80.2 Å². The molecule has 0 radical (unpaired) electrons. The quantitative estimate of drug-likeness (QED) is 0.480. The molecule has 4 aliphatic rings. The number of benzene rings is 1. The highest BCUT2D eigenvalue weighted by molar-refractivity contribution is 7.89. The SMILES string of the molecule is C[C@]12CC[C@H](O)CC1=CCC1C2CC[C@]2(C)C(NNS(=O)(=O)c3ccccc3)=CCC12. The highest BCUT2D eigenvalue weighted by atomic mass is 32.2. The fourth-order valence-electron chi connectivity index (χ4n) is 7.18. The van der Waals surface area contributed by atoms with Crippen LogP contribution in [0.3, 0.4) is 0 Å². The van der Waals surface area contributed by atoms with E-state index in [9.17, 15) is 13.5 Å². The van der Waals surface area contributed by atoms with Crippen molar-refractivity contribution >= 4 is 10.0 Å². The Labute approximate surface area is 186 Å². The van der Waals surface area contributed by atoms with Crippen molar-refractivity contribution < 1.29 is 13.5 Å². The van der Waals surface area contributed by atoms with E-state index in [0.717, 1.165) is 50.6 Å². The van der Waals surface area contributed by atoms with E-state index in [1.54, 1.807) is 24.3 Å². The molecular weight excluding hydrogens is 408 g/mol. The number of hydrogen-bond acceptors (Lipinski definition) is 4. The van der Waals surface area contributed by atoms with Crippen LogP contribution in [0.25, 0.3) is 0 Å². The molecule has 5 rings (SSSR count). The number of hydrogen-bond donors (Lipinski definition) is 3. The molecule has 0 aromatic heterocycles. The van der Waals surface area contributed by atoms with Gasteiger partial charge in [0.25, 0.3) is 10.0 Å². The molecule has 4 aliphatic carbocycles. The molecule has 0 heterocycles. The molecule has 168 valence electrons. The third-order valence-corrected chi connectivity index (χ3v) is 10.3. The summed E-state index contributed by atoms with van der Waals surface area (Å²) < 4.78 is 25.4. The van der Waals surface area contributed by atoms with E-state index in [1.807, 2.05) is 6.07 Å². The second-order valence-corrected chi connectivity index (χ2v) is 12.2. The second-order valence-electron chi connectivity index (χ2n) is 10.5. The van der Waals surface area contributed by atoms with E-state index < -0.39 is 10.0 Å². The molecule has 2 saturated carbocycles. The highest BCUT2D eigenvalue weighted by Crippen LogP contribution is 2.64. The van der Waals surface area contributed by atoms with Crippen LogP contribution < -0.4 is 10.3 Å². The van der Waals surface area contributed by atoms with E-state index >= 15 is 0 Å². The topological polar surface area (TPSA) is 78.4 Å². The summed E-state index contributed by atoms with van der Waals surface area (Å²) in [6.45, 7) is 4.74. The van der Waals surface area contributed by atoms with Gasteiger partial charge < -0.3 is 10.5 Å². The first-order valence-corrected chi connectivity index (χ1v) is 13.1. The van der Waals surface area contributed by atoms with Gasteiger partial charge in [-0.2, -0.15) is 0 Å². The van der Waals surface area contributed by atoms with Gasteiger partial charge in [-0.1, -0.05) is 49.8 Å². The van der Waals surface area contributed by atoms with E-state index in [1.165, 1.54) is 5.57 Å². The van der Waals surface area contributed by atoms with Crippen molar-refractivity contribution in [3.05, 3.63) is 53.8 Å². The molecule has 2 fully saturated rings. The molecule has 0 spiro atoms. The van der Waals surface area contributed by atoms with Gasteiger partial charge in [-0.3, -0.25) is 0 Å². The summed E-state index contributed by atoms with van der Waals surface area (Å²) in [5.41, 5.74) is 5.79. The van der Waals surface area contributed by atoms with Crippen LogP contribution in [0.2, 0.25) is 0 Å². The summed E-state index contributed by atoms with van der Waals surface area (Å²) in [5, 5.41) is 10.2. The lowest BCUT2D eigenvalue weighted by Crippen LogP contribution is -2.51. The largest absolute Gasteiger partial charge is 0.393 e. The predicted molar refractivity (Wildman–Crippen MR) is 121 cm³/mol. The zero-order valence-corrected chi connectivity index (χ0v) is 19.3. The molecule has 3 N–H and O–H groups in total. The Morgan fingerprint density at radius 3 is 2.48 bits per heavy atom. The van der Waals surface area contributed by atoms with Crippen molar-refractivity contribution in [2.45, 2.75) is 69.8 Å². The van der Waals surface area contributed by atoms with Gasteiger partial charge in [0, 0.05) is 11.1 Å². The lowest BCUT2D eigenvalue weighted by Gasteiger charge is -2.57. The molecule has 1 aromatic rings. The molecule has 1 aromatic carbocycles. The molecule has 31 heavy (non-hydrogen) atoms. The van der Waals surface area contributed by atoms with Crippen LogP contribution in [0.1, 0.15) is 58.8 Å². The molecule has 5 nitrogen and oxygen atoms in total. The van der Waals surface area contributed by atoms with Crippen LogP contribution >= 0.6 is 0 Å². The average Bonchev–Trinajstić information content (AvgIpc) is 3.10. The molecule has 0 aliphatic heterocycles. The Hall–Kier alpha value is -1.63. The molecule has 6 heteroatoms. The summed E-state index contributed by atoms with van der Waals surface area (Å²) in [6.07, 6.45) is 11.6. The highest BCUT2D eigenvalue weighted by Gasteiger charge is 2.56. The molecule has 0 amide bonds. The maximum atomic E-state index is 12.7. The third kappa shape index (κ3) is 3.38. The lowest BCUT2D eigenvalue weighted by atomic mass is 9.48. The van der Waals surface area contributed by atoms with Crippen molar-refractivity contribution in [1.82, 2.24) is 10.3 Å². The first-order chi connectivity index (χ1) is 14.7. The average molecular weight is 443 g/mol. The first kappa shape index (κ1) is 21.2. The van der Waals surface area contributed by atoms with Crippen LogP contribution in [-0.2, 0) is 10.0 Å². The maximum Gasteiger partial charge on any atom is 0.257 e. The number of rotatable bonds is 4. The summed E-state index contributed by atoms with van der Waals surface area (Å²) in [7, 11) is -3.60. The smallest absolute Gasteiger partial charge is 0.257 e. The Kier molecular flexibility index (Phi) is 5.11. The number of hydrazine groups is 1. The zero-order valence-electron chi connectivity index (χ0n) is 18.5. The summed E-state index contributed by atoms with van der Waals surface area (Å²) >= 11 is 0. The number of aliphatic hydroxyl groups is 1. The molecule has 0 bridgehead atoms. The van der Waals surface area contributed by atoms with Crippen molar-refractivity contribution in [1.29, 1.82) is 0 Å². The van der Waals surface area contributed by atoms with Gasteiger partial charge in [-0.25, -0.2) is 8.42 Å². The van der Waals surface area contributed by atoms with Crippen LogP contribution in [0.4, 0.5) is 0 Å². The maximum absolute atomic E-state index is 12.7. The van der Waals surface area contributed by atoms with Crippen LogP contribution in [-0.4, -0.2) is 19.6 Å². The van der Waals surface area contributed by atoms with Crippen molar-refractivity contribution in [3.63, 3.8) is 0 Å². The number of aliphatic hydroxyl groups excluding tert-OH is 1. The summed E-state index contributed by atoms with van der Waals surface area (Å²) in [4.78, 5) is 2.89. The Balaban J connectivity index is 1.33. The zero-order chi connectivity index (χ0) is 21.9. The number of fused-ring (bicyclic) bond motifs is 5. The minimum absolute atomic E-state index is 0.0315. The van der Waals surface area contributed by atoms with E-state index in [2.05, 4.69) is 36.3 Å². The van der Waals surface area contributed by atoms with Gasteiger partial charge in [0.05, 0.1) is 11.0 Å². The van der Waals surface area contributed by atoms with E-state index in [-0.39, 0.29) is 21.8 Å². The molecular formula is C25H34N2O3S. The number of allylic oxidation sites excluding steroid dienone is 3. The predicted octanol–water partition coefficient (Wildman–Crippen LogP) is 4.29. The van der Waals surface area contributed by atoms with Gasteiger partial charge in [-0.15, -0.1) is 4.83 Å². The number of sulfonamides is 1. The van der Waals surface area contributed by atoms with Gasteiger partial charge >= 0.3 is 0 Å². The van der Waals surface area contributed by atoms with Crippen LogP contribution in [0.5, 0.6) is 0 Å². The monoisotopic (exact) mass is 442 g/mol. The van der Waals surface area contributed by atoms with Crippen molar-refractivity contribution in [2.75, 3.05) is 0 Å². The second kappa shape index (κ2) is 7.46. The van der Waals surface area contributed by atoms with Crippen LogP contribution in [0, 0.1) is 28.6 Å². The molecule has 3 unspecified atom stereocenters. The Morgan fingerprint density at radius 1 is 0.968 bits per heavy atom. The van der Waals surface area contributed by atoms with E-state index in [0.29, 0.717) is 17.8 Å². The van der Waals surface area contributed by atoms with Gasteiger partial charge in [0.1, 0.15) is 0 Å². The minimum Gasteiger partial charge on any atom is -0.393 e. The Bertz CT molecular complexity index is 1020. The fraction of sp³-hybridized carbons (Fsp3) is 0.600.